The molecule has 0 unspecified atom stereocenters. The fraction of sp³-hybridized carbons (Fsp3) is 0. The predicted octanol–water partition coefficient (Wildman–Crippen LogP) is 2.14. The molecule has 0 saturated carbocycles. The van der Waals surface area contributed by atoms with Crippen molar-refractivity contribution in [2.45, 2.75) is 0 Å². The van der Waals surface area contributed by atoms with Crippen LogP contribution in [0.1, 0.15) is 0 Å². The molecule has 0 aliphatic carbocycles. The number of primary amides is 1. The molecule has 0 aliphatic rings. The van der Waals surface area contributed by atoms with Gasteiger partial charge in [-0.05, 0) is 12.1 Å². The second-order valence-corrected chi connectivity index (χ2v) is 3.55. The molecule has 0 fully saturated rings. The number of nitrogen functional groups attached to an aromatic ring is 1. The first-order valence-electron chi connectivity index (χ1n) is 3.22. The van der Waals surface area contributed by atoms with E-state index < -0.39 is 6.09 Å². The largest absolute Gasteiger partial charge is 0.410 e. The minimum absolute atomic E-state index is 0.0809. The molecule has 0 saturated heterocycles. The van der Waals surface area contributed by atoms with Crippen LogP contribution >= 0.6 is 27.5 Å². The Bertz CT molecular complexity index is 333. The third kappa shape index (κ3) is 2.50. The summed E-state index contributed by atoms with van der Waals surface area (Å²) in [6.07, 6.45) is -0.948. The van der Waals surface area contributed by atoms with Crippen molar-refractivity contribution in [2.24, 2.45) is 5.73 Å². The topological polar surface area (TPSA) is 78.3 Å². The lowest BCUT2D eigenvalue weighted by molar-refractivity contribution is 0.211. The second-order valence-electron chi connectivity index (χ2n) is 2.23. The van der Waals surface area contributed by atoms with Crippen molar-refractivity contribution < 1.29 is 9.53 Å². The lowest BCUT2D eigenvalue weighted by Crippen LogP contribution is -2.17. The molecule has 0 radical (unpaired) electrons. The zero-order chi connectivity index (χ0) is 10.0. The molecule has 13 heavy (non-hydrogen) atoms. The number of hydrogen-bond donors (Lipinski definition) is 2. The van der Waals surface area contributed by atoms with Gasteiger partial charge in [0.2, 0.25) is 0 Å². The van der Waals surface area contributed by atoms with Gasteiger partial charge in [-0.15, -0.1) is 0 Å². The Balaban J connectivity index is 3.13. The number of amides is 1. The number of carbonyl (C=O) groups is 1. The minimum Gasteiger partial charge on any atom is -0.407 e. The van der Waals surface area contributed by atoms with E-state index >= 15 is 0 Å². The average molecular weight is 265 g/mol. The van der Waals surface area contributed by atoms with Gasteiger partial charge in [0, 0.05) is 4.47 Å². The van der Waals surface area contributed by atoms with Crippen molar-refractivity contribution in [3.05, 3.63) is 21.6 Å². The molecule has 0 heterocycles. The molecule has 0 aliphatic heterocycles. The first-order chi connectivity index (χ1) is 6.00. The van der Waals surface area contributed by atoms with E-state index in [1.807, 2.05) is 0 Å². The summed E-state index contributed by atoms with van der Waals surface area (Å²) >= 11 is 8.91. The molecule has 0 bridgehead atoms. The highest BCUT2D eigenvalue weighted by atomic mass is 79.9. The summed E-state index contributed by atoms with van der Waals surface area (Å²) in [7, 11) is 0. The molecule has 1 aromatic carbocycles. The molecule has 0 aromatic heterocycles. The van der Waals surface area contributed by atoms with Gasteiger partial charge in [0.15, 0.2) is 5.75 Å². The summed E-state index contributed by atoms with van der Waals surface area (Å²) in [4.78, 5) is 10.4. The van der Waals surface area contributed by atoms with E-state index in [9.17, 15) is 4.79 Å². The number of halogens is 2. The molecule has 1 rings (SSSR count). The van der Waals surface area contributed by atoms with E-state index in [0.717, 1.165) is 0 Å². The van der Waals surface area contributed by atoms with E-state index in [1.165, 1.54) is 0 Å². The Hall–Kier alpha value is -0.940. The van der Waals surface area contributed by atoms with Crippen molar-refractivity contribution in [1.82, 2.24) is 0 Å². The summed E-state index contributed by atoms with van der Waals surface area (Å²) in [5.74, 6) is 0.0809. The normalized spacial score (nSPS) is 9.69. The van der Waals surface area contributed by atoms with E-state index in [-0.39, 0.29) is 16.5 Å². The molecular weight excluding hydrogens is 259 g/mol. The molecule has 4 nitrogen and oxygen atoms in total. The highest BCUT2D eigenvalue weighted by molar-refractivity contribution is 9.10. The van der Waals surface area contributed by atoms with Gasteiger partial charge in [0.1, 0.15) is 0 Å². The maximum Gasteiger partial charge on any atom is 0.410 e. The lowest BCUT2D eigenvalue weighted by Gasteiger charge is -2.06. The monoisotopic (exact) mass is 264 g/mol. The van der Waals surface area contributed by atoms with Crippen molar-refractivity contribution >= 4 is 39.3 Å². The van der Waals surface area contributed by atoms with Crippen LogP contribution in [-0.2, 0) is 0 Å². The molecule has 1 aromatic rings. The third-order valence-electron chi connectivity index (χ3n) is 1.24. The van der Waals surface area contributed by atoms with Crippen molar-refractivity contribution in [2.75, 3.05) is 5.73 Å². The fourth-order valence-electron chi connectivity index (χ4n) is 0.789. The van der Waals surface area contributed by atoms with Gasteiger partial charge in [-0.1, -0.05) is 27.5 Å². The van der Waals surface area contributed by atoms with Crippen molar-refractivity contribution in [3.63, 3.8) is 0 Å². The highest BCUT2D eigenvalue weighted by Gasteiger charge is 2.10. The Labute approximate surface area is 87.9 Å². The molecule has 0 spiro atoms. The van der Waals surface area contributed by atoms with Crippen LogP contribution in [0.25, 0.3) is 0 Å². The molecule has 1 amide bonds. The van der Waals surface area contributed by atoms with Crippen LogP contribution in [-0.4, -0.2) is 6.09 Å². The number of rotatable bonds is 1. The van der Waals surface area contributed by atoms with Crippen molar-refractivity contribution in [3.8, 4) is 5.75 Å². The van der Waals surface area contributed by atoms with Gasteiger partial charge in [-0.25, -0.2) is 4.79 Å². The van der Waals surface area contributed by atoms with Crippen LogP contribution in [0, 0.1) is 0 Å². The second kappa shape index (κ2) is 3.85. The number of ether oxygens (including phenoxy) is 1. The number of anilines is 1. The lowest BCUT2D eigenvalue weighted by atomic mass is 10.3. The Kier molecular flexibility index (Phi) is 3.00. The van der Waals surface area contributed by atoms with Crippen LogP contribution in [0.5, 0.6) is 5.75 Å². The molecule has 4 N–H and O–H groups in total. The minimum atomic E-state index is -0.948. The smallest absolute Gasteiger partial charge is 0.407 e. The highest BCUT2D eigenvalue weighted by Crippen LogP contribution is 2.34. The van der Waals surface area contributed by atoms with E-state index in [0.29, 0.717) is 4.47 Å². The van der Waals surface area contributed by atoms with Gasteiger partial charge < -0.3 is 16.2 Å². The van der Waals surface area contributed by atoms with Gasteiger partial charge in [0.25, 0.3) is 0 Å². The van der Waals surface area contributed by atoms with Crippen LogP contribution in [0.15, 0.2) is 16.6 Å². The fourth-order valence-corrected chi connectivity index (χ4v) is 1.66. The van der Waals surface area contributed by atoms with Crippen LogP contribution in [0.4, 0.5) is 10.5 Å². The first kappa shape index (κ1) is 10.1. The number of nitrogens with two attached hydrogens (primary N) is 2. The predicted molar refractivity (Wildman–Crippen MR) is 53.8 cm³/mol. The van der Waals surface area contributed by atoms with E-state index in [4.69, 9.17) is 23.1 Å². The van der Waals surface area contributed by atoms with Crippen LogP contribution < -0.4 is 16.2 Å². The standard InChI is InChI=1S/C7H6BrClN2O2/c8-3-1-4(9)6(5(10)2-3)13-7(11)12/h1-2H,10H2,(H2,11,12). The Morgan fingerprint density at radius 2 is 2.15 bits per heavy atom. The van der Waals surface area contributed by atoms with Gasteiger partial charge in [0.05, 0.1) is 10.7 Å². The first-order valence-corrected chi connectivity index (χ1v) is 4.39. The average Bonchev–Trinajstić information content (AvgIpc) is 1.96. The molecule has 6 heteroatoms. The number of hydrogen-bond acceptors (Lipinski definition) is 3. The van der Waals surface area contributed by atoms with Crippen LogP contribution in [0.2, 0.25) is 5.02 Å². The Morgan fingerprint density at radius 3 is 2.62 bits per heavy atom. The van der Waals surface area contributed by atoms with Crippen molar-refractivity contribution in [1.29, 1.82) is 0 Å². The summed E-state index contributed by atoms with van der Waals surface area (Å²) in [5.41, 5.74) is 10.6. The number of benzene rings is 1. The van der Waals surface area contributed by atoms with E-state index in [2.05, 4.69) is 20.7 Å². The van der Waals surface area contributed by atoms with Gasteiger partial charge >= 0.3 is 6.09 Å². The zero-order valence-electron chi connectivity index (χ0n) is 6.38. The summed E-state index contributed by atoms with van der Waals surface area (Å²) in [6, 6.07) is 3.11. The van der Waals surface area contributed by atoms with Gasteiger partial charge in [-0.2, -0.15) is 0 Å². The van der Waals surface area contributed by atoms with Gasteiger partial charge in [-0.3, -0.25) is 0 Å². The SMILES string of the molecule is NC(=O)Oc1c(N)cc(Br)cc1Cl. The molecule has 70 valence electrons. The third-order valence-corrected chi connectivity index (χ3v) is 1.98. The quantitative estimate of drug-likeness (QED) is 0.764. The van der Waals surface area contributed by atoms with Crippen LogP contribution in [0.3, 0.4) is 0 Å². The zero-order valence-corrected chi connectivity index (χ0v) is 8.72. The summed E-state index contributed by atoms with van der Waals surface area (Å²) < 4.78 is 5.29. The van der Waals surface area contributed by atoms with E-state index in [1.54, 1.807) is 12.1 Å². The maximum absolute atomic E-state index is 10.4. The maximum atomic E-state index is 10.4. The summed E-state index contributed by atoms with van der Waals surface area (Å²) in [6.45, 7) is 0. The Morgan fingerprint density at radius 1 is 1.54 bits per heavy atom. The number of carbonyl (C=O) groups excluding carboxylic acids is 1. The summed E-state index contributed by atoms with van der Waals surface area (Å²) in [5, 5.41) is 0.227. The molecular formula is C7H6BrClN2O2. The molecule has 0 atom stereocenters.